The summed E-state index contributed by atoms with van der Waals surface area (Å²) in [6.07, 6.45) is 0. The van der Waals surface area contributed by atoms with E-state index in [1.807, 2.05) is 12.1 Å². The monoisotopic (exact) mass is 243 g/mol. The van der Waals surface area contributed by atoms with Crippen LogP contribution in [-0.2, 0) is 6.54 Å². The summed E-state index contributed by atoms with van der Waals surface area (Å²) in [5.41, 5.74) is 1.05. The second-order valence-corrected chi connectivity index (χ2v) is 4.16. The maximum Gasteiger partial charge on any atom is 0.191 e. The fourth-order valence-corrected chi connectivity index (χ4v) is 1.99. The van der Waals surface area contributed by atoms with Crippen LogP contribution < -0.4 is 10.6 Å². The van der Waals surface area contributed by atoms with Gasteiger partial charge in [0.25, 0.3) is 0 Å². The van der Waals surface area contributed by atoms with Crippen LogP contribution >= 0.6 is 23.2 Å². The molecule has 1 heterocycles. The van der Waals surface area contributed by atoms with Crippen molar-refractivity contribution in [2.24, 2.45) is 4.99 Å². The topological polar surface area (TPSA) is 36.4 Å². The molecule has 0 aliphatic carbocycles. The predicted molar refractivity (Wildman–Crippen MR) is 63.6 cm³/mol. The van der Waals surface area contributed by atoms with Crippen molar-refractivity contribution in [1.82, 2.24) is 10.6 Å². The number of nitrogens with one attached hydrogen (secondary N) is 2. The second kappa shape index (κ2) is 4.73. The fourth-order valence-electron chi connectivity index (χ4n) is 1.42. The number of aliphatic imine (C=N–C) groups is 1. The summed E-state index contributed by atoms with van der Waals surface area (Å²) < 4.78 is 0. The molecule has 0 amide bonds. The molecular formula is C10H11Cl2N3. The molecule has 0 saturated carbocycles. The highest BCUT2D eigenvalue weighted by molar-refractivity contribution is 6.34. The van der Waals surface area contributed by atoms with E-state index in [1.165, 1.54) is 0 Å². The Morgan fingerprint density at radius 1 is 1.27 bits per heavy atom. The molecule has 1 aliphatic rings. The Kier molecular flexibility index (Phi) is 3.34. The number of benzene rings is 1. The van der Waals surface area contributed by atoms with Gasteiger partial charge in [-0.1, -0.05) is 23.2 Å². The van der Waals surface area contributed by atoms with Crippen LogP contribution in [0.5, 0.6) is 0 Å². The van der Waals surface area contributed by atoms with E-state index in [1.54, 1.807) is 6.07 Å². The van der Waals surface area contributed by atoms with Crippen LogP contribution in [0.4, 0.5) is 0 Å². The Morgan fingerprint density at radius 2 is 2.00 bits per heavy atom. The van der Waals surface area contributed by atoms with Gasteiger partial charge in [-0.2, -0.15) is 0 Å². The Balaban J connectivity index is 1.98. The smallest absolute Gasteiger partial charge is 0.191 e. The minimum Gasteiger partial charge on any atom is -0.355 e. The standard InChI is InChI=1S/C10H11Cl2N3/c11-8-3-7(4-9(12)5-8)6-15-10-13-1-2-14-10/h3-5H,1-2,6H2,(H2,13,14,15). The van der Waals surface area contributed by atoms with Crippen molar-refractivity contribution in [2.75, 3.05) is 13.1 Å². The molecule has 2 rings (SSSR count). The van der Waals surface area contributed by atoms with Gasteiger partial charge in [0, 0.05) is 23.1 Å². The first-order valence-electron chi connectivity index (χ1n) is 4.71. The summed E-state index contributed by atoms with van der Waals surface area (Å²) in [4.78, 5) is 4.22. The van der Waals surface area contributed by atoms with Gasteiger partial charge in [0.1, 0.15) is 0 Å². The van der Waals surface area contributed by atoms with Gasteiger partial charge < -0.3 is 10.6 Å². The van der Waals surface area contributed by atoms with Gasteiger partial charge in [-0.15, -0.1) is 0 Å². The molecule has 1 aromatic carbocycles. The van der Waals surface area contributed by atoms with Crippen LogP contribution in [0.3, 0.4) is 0 Å². The molecule has 5 heteroatoms. The molecular weight excluding hydrogens is 233 g/mol. The van der Waals surface area contributed by atoms with Crippen LogP contribution in [-0.4, -0.2) is 19.0 Å². The van der Waals surface area contributed by atoms with Gasteiger partial charge in [0.05, 0.1) is 6.54 Å². The molecule has 0 unspecified atom stereocenters. The maximum atomic E-state index is 5.89. The van der Waals surface area contributed by atoms with E-state index < -0.39 is 0 Å². The lowest BCUT2D eigenvalue weighted by Gasteiger charge is -2.07. The molecule has 80 valence electrons. The summed E-state index contributed by atoms with van der Waals surface area (Å²) in [6, 6.07) is 5.49. The average molecular weight is 244 g/mol. The molecule has 0 fully saturated rings. The van der Waals surface area contributed by atoms with Crippen molar-refractivity contribution in [1.29, 1.82) is 0 Å². The molecule has 0 aromatic heterocycles. The lowest BCUT2D eigenvalue weighted by atomic mass is 10.2. The van der Waals surface area contributed by atoms with Crippen LogP contribution in [0, 0.1) is 0 Å². The van der Waals surface area contributed by atoms with Gasteiger partial charge in [0.2, 0.25) is 0 Å². The summed E-state index contributed by atoms with van der Waals surface area (Å²) in [6.45, 7) is 2.41. The zero-order valence-electron chi connectivity index (χ0n) is 8.06. The van der Waals surface area contributed by atoms with Crippen molar-refractivity contribution in [3.05, 3.63) is 33.8 Å². The lowest BCUT2D eigenvalue weighted by molar-refractivity contribution is 0.867. The first-order chi connectivity index (χ1) is 7.24. The van der Waals surface area contributed by atoms with Crippen LogP contribution in [0.1, 0.15) is 5.56 Å². The summed E-state index contributed by atoms with van der Waals surface area (Å²) >= 11 is 11.8. The van der Waals surface area contributed by atoms with Crippen molar-refractivity contribution in [2.45, 2.75) is 6.54 Å². The predicted octanol–water partition coefficient (Wildman–Crippen LogP) is 2.04. The first kappa shape index (κ1) is 10.6. The largest absolute Gasteiger partial charge is 0.355 e. The van der Waals surface area contributed by atoms with E-state index in [2.05, 4.69) is 15.6 Å². The van der Waals surface area contributed by atoms with E-state index >= 15 is 0 Å². The summed E-state index contributed by atoms with van der Waals surface area (Å²) in [5, 5.41) is 7.61. The van der Waals surface area contributed by atoms with Crippen LogP contribution in [0.15, 0.2) is 23.2 Å². The number of hydrogen-bond acceptors (Lipinski definition) is 3. The van der Waals surface area contributed by atoms with Crippen LogP contribution in [0.25, 0.3) is 0 Å². The molecule has 1 aromatic rings. The van der Waals surface area contributed by atoms with E-state index in [9.17, 15) is 0 Å². The van der Waals surface area contributed by atoms with E-state index in [-0.39, 0.29) is 0 Å². The van der Waals surface area contributed by atoms with Crippen LogP contribution in [0.2, 0.25) is 10.0 Å². The molecule has 0 atom stereocenters. The molecule has 0 saturated heterocycles. The highest BCUT2D eigenvalue weighted by Crippen LogP contribution is 2.18. The first-order valence-corrected chi connectivity index (χ1v) is 5.47. The normalized spacial score (nSPS) is 14.7. The average Bonchev–Trinajstić information content (AvgIpc) is 2.65. The molecule has 3 nitrogen and oxygen atoms in total. The number of rotatable bonds is 2. The third-order valence-corrected chi connectivity index (χ3v) is 2.49. The minimum atomic E-state index is 0.653. The SMILES string of the molecule is Clc1cc(Cl)cc(CNC2=NCCN2)c1. The molecule has 0 bridgehead atoms. The molecule has 0 radical (unpaired) electrons. The zero-order chi connectivity index (χ0) is 10.7. The Bertz CT molecular complexity index is 370. The van der Waals surface area contributed by atoms with Crippen molar-refractivity contribution >= 4 is 29.2 Å². The van der Waals surface area contributed by atoms with Gasteiger partial charge in [-0.3, -0.25) is 4.99 Å². The number of nitrogens with zero attached hydrogens (tertiary/aromatic N) is 1. The van der Waals surface area contributed by atoms with Crippen molar-refractivity contribution in [3.63, 3.8) is 0 Å². The second-order valence-electron chi connectivity index (χ2n) is 3.29. The Hall–Kier alpha value is -0.930. The van der Waals surface area contributed by atoms with Gasteiger partial charge in [-0.25, -0.2) is 0 Å². The lowest BCUT2D eigenvalue weighted by Crippen LogP contribution is -2.33. The highest BCUT2D eigenvalue weighted by atomic mass is 35.5. The molecule has 15 heavy (non-hydrogen) atoms. The Morgan fingerprint density at radius 3 is 2.60 bits per heavy atom. The minimum absolute atomic E-state index is 0.653. The summed E-state index contributed by atoms with van der Waals surface area (Å²) in [7, 11) is 0. The summed E-state index contributed by atoms with van der Waals surface area (Å²) in [5.74, 6) is 0.839. The Labute approximate surface area is 98.5 Å². The molecule has 0 spiro atoms. The molecule has 2 N–H and O–H groups in total. The van der Waals surface area contributed by atoms with Gasteiger partial charge in [0.15, 0.2) is 5.96 Å². The van der Waals surface area contributed by atoms with E-state index in [4.69, 9.17) is 23.2 Å². The van der Waals surface area contributed by atoms with Crippen molar-refractivity contribution in [3.8, 4) is 0 Å². The maximum absolute atomic E-state index is 5.89. The van der Waals surface area contributed by atoms with E-state index in [0.29, 0.717) is 16.6 Å². The third kappa shape index (κ3) is 3.01. The molecule has 1 aliphatic heterocycles. The van der Waals surface area contributed by atoms with Gasteiger partial charge >= 0.3 is 0 Å². The van der Waals surface area contributed by atoms with Gasteiger partial charge in [-0.05, 0) is 23.8 Å². The van der Waals surface area contributed by atoms with E-state index in [0.717, 1.165) is 24.6 Å². The number of guanidine groups is 1. The number of hydrogen-bond donors (Lipinski definition) is 2. The number of halogens is 2. The zero-order valence-corrected chi connectivity index (χ0v) is 9.57. The van der Waals surface area contributed by atoms with Crippen molar-refractivity contribution < 1.29 is 0 Å². The third-order valence-electron chi connectivity index (χ3n) is 2.06. The quantitative estimate of drug-likeness (QED) is 0.835. The highest BCUT2D eigenvalue weighted by Gasteiger charge is 2.04. The fraction of sp³-hybridized carbons (Fsp3) is 0.300.